The summed E-state index contributed by atoms with van der Waals surface area (Å²) < 4.78 is 5.67. The molecule has 0 aromatic carbocycles. The number of ether oxygens (including phenoxy) is 1. The van der Waals surface area contributed by atoms with Crippen LogP contribution < -0.4 is 5.43 Å². The van der Waals surface area contributed by atoms with Crippen molar-refractivity contribution in [2.75, 3.05) is 20.2 Å². The van der Waals surface area contributed by atoms with Crippen molar-refractivity contribution in [1.29, 1.82) is 0 Å². The molecule has 116 valence electrons. The molecule has 3 rings (SSSR count). The van der Waals surface area contributed by atoms with Crippen molar-refractivity contribution in [3.8, 4) is 0 Å². The average Bonchev–Trinajstić information content (AvgIpc) is 2.89. The molecule has 0 aromatic heterocycles. The molecule has 1 aliphatic carbocycles. The third kappa shape index (κ3) is 2.69. The van der Waals surface area contributed by atoms with E-state index in [1.165, 1.54) is 6.42 Å². The Kier molecular flexibility index (Phi) is 3.97. The zero-order chi connectivity index (χ0) is 14.9. The van der Waals surface area contributed by atoms with Gasteiger partial charge < -0.3 is 9.64 Å². The Labute approximate surface area is 124 Å². The maximum atomic E-state index is 12.6. The lowest BCUT2D eigenvalue weighted by molar-refractivity contribution is -0.130. The summed E-state index contributed by atoms with van der Waals surface area (Å²) in [5.74, 6) is -0.132. The van der Waals surface area contributed by atoms with Gasteiger partial charge in [0.15, 0.2) is 0 Å². The highest BCUT2D eigenvalue weighted by Crippen LogP contribution is 2.46. The summed E-state index contributed by atoms with van der Waals surface area (Å²) in [4.78, 5) is 25.6. The minimum absolute atomic E-state index is 0.0178. The van der Waals surface area contributed by atoms with Crippen molar-refractivity contribution in [2.45, 2.75) is 51.0 Å². The quantitative estimate of drug-likeness (QED) is 0.827. The van der Waals surface area contributed by atoms with E-state index in [9.17, 15) is 9.59 Å². The fourth-order valence-electron chi connectivity index (χ4n) is 4.09. The summed E-state index contributed by atoms with van der Waals surface area (Å²) in [6.07, 6.45) is 6.63. The van der Waals surface area contributed by atoms with Gasteiger partial charge in [-0.05, 0) is 25.7 Å². The zero-order valence-corrected chi connectivity index (χ0v) is 12.6. The fraction of sp³-hybridized carbons (Fsp3) is 0.800. The van der Waals surface area contributed by atoms with Gasteiger partial charge in [0.05, 0.1) is 6.10 Å². The molecule has 2 fully saturated rings. The Balaban J connectivity index is 1.71. The van der Waals surface area contributed by atoms with Crippen LogP contribution in [0.3, 0.4) is 0 Å². The predicted octanol–water partition coefficient (Wildman–Crippen LogP) is 1.06. The number of carbonyl (C=O) groups is 2. The Bertz CT molecular complexity index is 477. The third-order valence-corrected chi connectivity index (χ3v) is 5.16. The largest absolute Gasteiger partial charge is 0.381 e. The maximum absolute atomic E-state index is 12.6. The molecule has 1 saturated heterocycles. The number of methoxy groups -OCH3 is 1. The average molecular weight is 293 g/mol. The predicted molar refractivity (Wildman–Crippen MR) is 77.7 cm³/mol. The van der Waals surface area contributed by atoms with Gasteiger partial charge >= 0.3 is 0 Å². The lowest BCUT2D eigenvalue weighted by Crippen LogP contribution is -2.52. The van der Waals surface area contributed by atoms with Gasteiger partial charge in [-0.3, -0.25) is 9.59 Å². The summed E-state index contributed by atoms with van der Waals surface area (Å²) in [5.41, 5.74) is 3.02. The number of hydrazone groups is 1. The first-order chi connectivity index (χ1) is 10.1. The second-order valence-electron chi connectivity index (χ2n) is 6.40. The van der Waals surface area contributed by atoms with Gasteiger partial charge in [-0.25, -0.2) is 5.43 Å². The number of rotatable bonds is 2. The molecule has 2 amide bonds. The van der Waals surface area contributed by atoms with Crippen LogP contribution in [0.1, 0.15) is 44.9 Å². The molecule has 1 N–H and O–H groups in total. The van der Waals surface area contributed by atoms with Crippen LogP contribution in [-0.2, 0) is 14.3 Å². The smallest absolute Gasteiger partial charge is 0.270 e. The topological polar surface area (TPSA) is 71.0 Å². The lowest BCUT2D eigenvalue weighted by atomic mass is 9.76. The van der Waals surface area contributed by atoms with Gasteiger partial charge in [0.1, 0.15) is 5.71 Å². The molecule has 2 aliphatic heterocycles. The van der Waals surface area contributed by atoms with Gasteiger partial charge in [0, 0.05) is 38.5 Å². The molecule has 0 unspecified atom stereocenters. The van der Waals surface area contributed by atoms with E-state index in [2.05, 4.69) is 10.5 Å². The number of amides is 2. The zero-order valence-electron chi connectivity index (χ0n) is 12.6. The first kappa shape index (κ1) is 14.5. The Morgan fingerprint density at radius 2 is 2.19 bits per heavy atom. The van der Waals surface area contributed by atoms with E-state index in [0.717, 1.165) is 38.8 Å². The van der Waals surface area contributed by atoms with E-state index in [4.69, 9.17) is 4.74 Å². The van der Waals surface area contributed by atoms with Gasteiger partial charge in [-0.1, -0.05) is 6.42 Å². The van der Waals surface area contributed by atoms with E-state index in [0.29, 0.717) is 18.6 Å². The number of carbonyl (C=O) groups excluding carboxylic acids is 2. The highest BCUT2D eigenvalue weighted by Gasteiger charge is 2.47. The normalized spacial score (nSPS) is 33.0. The molecule has 3 aliphatic rings. The summed E-state index contributed by atoms with van der Waals surface area (Å²) in [5, 5.41) is 3.93. The van der Waals surface area contributed by atoms with Crippen molar-refractivity contribution < 1.29 is 14.3 Å². The van der Waals surface area contributed by atoms with E-state index in [-0.39, 0.29) is 23.3 Å². The van der Waals surface area contributed by atoms with E-state index in [1.807, 2.05) is 4.90 Å². The number of piperidine rings is 1. The minimum atomic E-state index is -0.114. The highest BCUT2D eigenvalue weighted by molar-refractivity contribution is 6.39. The van der Waals surface area contributed by atoms with Gasteiger partial charge in [-0.2, -0.15) is 5.10 Å². The second-order valence-corrected chi connectivity index (χ2v) is 6.40. The standard InChI is InChI=1S/C15H23N3O3/c1-21-12-4-2-7-15(12)8-3-9-18(10-15)14(20)11-5-6-13(19)17-16-11/h12H,2-10H2,1H3,(H,17,19)/t12-,15+/m1/s1. The molecule has 6 nitrogen and oxygen atoms in total. The third-order valence-electron chi connectivity index (χ3n) is 5.16. The van der Waals surface area contributed by atoms with Gasteiger partial charge in [0.25, 0.3) is 5.91 Å². The highest BCUT2D eigenvalue weighted by atomic mass is 16.5. The molecule has 21 heavy (non-hydrogen) atoms. The van der Waals surface area contributed by atoms with Crippen LogP contribution in [0.5, 0.6) is 0 Å². The summed E-state index contributed by atoms with van der Waals surface area (Å²) in [6.45, 7) is 1.54. The Morgan fingerprint density at radius 3 is 2.90 bits per heavy atom. The van der Waals surface area contributed by atoms with Crippen molar-refractivity contribution in [3.05, 3.63) is 0 Å². The Morgan fingerprint density at radius 1 is 1.38 bits per heavy atom. The van der Waals surface area contributed by atoms with E-state index < -0.39 is 0 Å². The molecule has 0 radical (unpaired) electrons. The minimum Gasteiger partial charge on any atom is -0.381 e. The number of nitrogens with one attached hydrogen (secondary N) is 1. The van der Waals surface area contributed by atoms with Crippen LogP contribution in [0.2, 0.25) is 0 Å². The number of hydrogen-bond donors (Lipinski definition) is 1. The Hall–Kier alpha value is -1.43. The monoisotopic (exact) mass is 293 g/mol. The number of hydrogen-bond acceptors (Lipinski definition) is 4. The van der Waals surface area contributed by atoms with E-state index in [1.54, 1.807) is 7.11 Å². The van der Waals surface area contributed by atoms with Gasteiger partial charge in [-0.15, -0.1) is 0 Å². The summed E-state index contributed by atoms with van der Waals surface area (Å²) in [6, 6.07) is 0. The maximum Gasteiger partial charge on any atom is 0.270 e. The first-order valence-corrected chi connectivity index (χ1v) is 7.82. The first-order valence-electron chi connectivity index (χ1n) is 7.82. The second kappa shape index (κ2) is 5.75. The molecule has 0 aromatic rings. The SMILES string of the molecule is CO[C@@H]1CCC[C@@]12CCCN(C(=O)C1=NNC(=O)CC1)C2. The molecule has 6 heteroatoms. The summed E-state index contributed by atoms with van der Waals surface area (Å²) in [7, 11) is 1.78. The number of nitrogens with zero attached hydrogens (tertiary/aromatic N) is 2. The van der Waals surface area contributed by atoms with Crippen molar-refractivity contribution >= 4 is 17.5 Å². The molecule has 1 saturated carbocycles. The van der Waals surface area contributed by atoms with Crippen LogP contribution >= 0.6 is 0 Å². The molecule has 2 atom stereocenters. The van der Waals surface area contributed by atoms with Crippen LogP contribution in [0.15, 0.2) is 5.10 Å². The summed E-state index contributed by atoms with van der Waals surface area (Å²) >= 11 is 0. The fourth-order valence-corrected chi connectivity index (χ4v) is 4.09. The van der Waals surface area contributed by atoms with Crippen LogP contribution in [-0.4, -0.2) is 48.7 Å². The molecule has 0 bridgehead atoms. The molecule has 2 heterocycles. The van der Waals surface area contributed by atoms with Crippen molar-refractivity contribution in [1.82, 2.24) is 10.3 Å². The molecule has 1 spiro atoms. The van der Waals surface area contributed by atoms with Crippen LogP contribution in [0.25, 0.3) is 0 Å². The van der Waals surface area contributed by atoms with Crippen molar-refractivity contribution in [2.24, 2.45) is 10.5 Å². The van der Waals surface area contributed by atoms with Crippen LogP contribution in [0.4, 0.5) is 0 Å². The van der Waals surface area contributed by atoms with Gasteiger partial charge in [0.2, 0.25) is 5.91 Å². The van der Waals surface area contributed by atoms with Crippen molar-refractivity contribution in [3.63, 3.8) is 0 Å². The molecular weight excluding hydrogens is 270 g/mol. The molecular formula is C15H23N3O3. The van der Waals surface area contributed by atoms with Crippen LogP contribution in [0, 0.1) is 5.41 Å². The number of likely N-dealkylation sites (tertiary alicyclic amines) is 1. The van der Waals surface area contributed by atoms with E-state index >= 15 is 0 Å². The lowest BCUT2D eigenvalue weighted by Gasteiger charge is -2.43.